The van der Waals surface area contributed by atoms with Crippen LogP contribution in [0.1, 0.15) is 18.5 Å². The number of anilines is 3. The molecule has 1 unspecified atom stereocenters. The van der Waals surface area contributed by atoms with Crippen LogP contribution in [-0.4, -0.2) is 18.9 Å². The van der Waals surface area contributed by atoms with E-state index in [0.717, 1.165) is 11.3 Å². The SMILES string of the molecule is COc1cccc(NC(=O)C(Nc2ccc(NC(C)=O)cc2)c2ccccc2)c1. The van der Waals surface area contributed by atoms with Gasteiger partial charge in [-0.1, -0.05) is 36.4 Å². The van der Waals surface area contributed by atoms with Gasteiger partial charge in [0.1, 0.15) is 11.8 Å². The Balaban J connectivity index is 1.81. The van der Waals surface area contributed by atoms with Gasteiger partial charge < -0.3 is 20.7 Å². The molecule has 3 aromatic rings. The number of ether oxygens (including phenoxy) is 1. The molecule has 0 saturated carbocycles. The summed E-state index contributed by atoms with van der Waals surface area (Å²) >= 11 is 0. The highest BCUT2D eigenvalue weighted by Gasteiger charge is 2.21. The molecule has 2 amide bonds. The molecule has 0 spiro atoms. The highest BCUT2D eigenvalue weighted by Crippen LogP contribution is 2.24. The van der Waals surface area contributed by atoms with E-state index in [-0.39, 0.29) is 11.8 Å². The Labute approximate surface area is 169 Å². The number of carbonyl (C=O) groups is 2. The van der Waals surface area contributed by atoms with E-state index >= 15 is 0 Å². The number of carbonyl (C=O) groups excluding carboxylic acids is 2. The molecular weight excluding hydrogens is 366 g/mol. The number of rotatable bonds is 7. The summed E-state index contributed by atoms with van der Waals surface area (Å²) in [6.45, 7) is 1.46. The van der Waals surface area contributed by atoms with Crippen LogP contribution in [0.4, 0.5) is 17.1 Å². The zero-order chi connectivity index (χ0) is 20.6. The molecule has 29 heavy (non-hydrogen) atoms. The summed E-state index contributed by atoms with van der Waals surface area (Å²) in [4.78, 5) is 24.2. The van der Waals surface area contributed by atoms with Crippen molar-refractivity contribution >= 4 is 28.9 Å². The van der Waals surface area contributed by atoms with Crippen molar-refractivity contribution in [1.82, 2.24) is 0 Å². The topological polar surface area (TPSA) is 79.5 Å². The van der Waals surface area contributed by atoms with Gasteiger partial charge in [0.05, 0.1) is 7.11 Å². The van der Waals surface area contributed by atoms with E-state index in [4.69, 9.17) is 4.74 Å². The first kappa shape index (κ1) is 19.9. The number of nitrogens with one attached hydrogen (secondary N) is 3. The standard InChI is InChI=1S/C23H23N3O3/c1-16(27)24-18-11-13-19(14-12-18)25-22(17-7-4-3-5-8-17)23(28)26-20-9-6-10-21(15-20)29-2/h3-15,22,25H,1-2H3,(H,24,27)(H,26,28). The van der Waals surface area contributed by atoms with E-state index < -0.39 is 6.04 Å². The zero-order valence-corrected chi connectivity index (χ0v) is 16.3. The average molecular weight is 389 g/mol. The number of hydrogen-bond donors (Lipinski definition) is 3. The van der Waals surface area contributed by atoms with Gasteiger partial charge in [0, 0.05) is 30.1 Å². The van der Waals surface area contributed by atoms with Crippen molar-refractivity contribution in [1.29, 1.82) is 0 Å². The van der Waals surface area contributed by atoms with E-state index in [2.05, 4.69) is 16.0 Å². The monoisotopic (exact) mass is 389 g/mol. The molecule has 0 fully saturated rings. The lowest BCUT2D eigenvalue weighted by Crippen LogP contribution is -2.27. The highest BCUT2D eigenvalue weighted by molar-refractivity contribution is 5.97. The molecule has 3 N–H and O–H groups in total. The summed E-state index contributed by atoms with van der Waals surface area (Å²) in [5, 5.41) is 8.93. The number of hydrogen-bond acceptors (Lipinski definition) is 4. The molecule has 1 atom stereocenters. The van der Waals surface area contributed by atoms with Crippen LogP contribution in [0.25, 0.3) is 0 Å². The summed E-state index contributed by atoms with van der Waals surface area (Å²) in [6.07, 6.45) is 0. The fourth-order valence-corrected chi connectivity index (χ4v) is 2.88. The van der Waals surface area contributed by atoms with E-state index in [1.165, 1.54) is 6.92 Å². The maximum Gasteiger partial charge on any atom is 0.251 e. The normalized spacial score (nSPS) is 11.2. The fourth-order valence-electron chi connectivity index (χ4n) is 2.88. The van der Waals surface area contributed by atoms with Crippen LogP contribution in [0, 0.1) is 0 Å². The van der Waals surface area contributed by atoms with Crippen LogP contribution in [0.2, 0.25) is 0 Å². The van der Waals surface area contributed by atoms with Crippen LogP contribution in [0.3, 0.4) is 0 Å². The lowest BCUT2D eigenvalue weighted by molar-refractivity contribution is -0.117. The molecule has 6 nitrogen and oxygen atoms in total. The minimum absolute atomic E-state index is 0.134. The van der Waals surface area contributed by atoms with E-state index in [1.54, 1.807) is 25.3 Å². The van der Waals surface area contributed by atoms with Gasteiger partial charge in [-0.25, -0.2) is 0 Å². The van der Waals surface area contributed by atoms with Crippen LogP contribution < -0.4 is 20.7 Å². The van der Waals surface area contributed by atoms with Gasteiger partial charge >= 0.3 is 0 Å². The summed E-state index contributed by atoms with van der Waals surface area (Å²) < 4.78 is 5.22. The Morgan fingerprint density at radius 1 is 0.793 bits per heavy atom. The van der Waals surface area contributed by atoms with Crippen molar-refractivity contribution in [2.24, 2.45) is 0 Å². The minimum atomic E-state index is -0.603. The third-order valence-electron chi connectivity index (χ3n) is 4.25. The summed E-state index contributed by atoms with van der Waals surface area (Å²) in [5.41, 5.74) is 2.94. The lowest BCUT2D eigenvalue weighted by Gasteiger charge is -2.20. The van der Waals surface area contributed by atoms with Crippen molar-refractivity contribution in [2.75, 3.05) is 23.1 Å². The van der Waals surface area contributed by atoms with Crippen molar-refractivity contribution < 1.29 is 14.3 Å². The van der Waals surface area contributed by atoms with E-state index in [1.807, 2.05) is 60.7 Å². The molecule has 6 heteroatoms. The third kappa shape index (κ3) is 5.59. The molecule has 0 aromatic heterocycles. The van der Waals surface area contributed by atoms with Gasteiger partial charge in [-0.05, 0) is 42.0 Å². The molecule has 0 bridgehead atoms. The molecule has 0 aliphatic rings. The summed E-state index contributed by atoms with van der Waals surface area (Å²) in [7, 11) is 1.58. The Morgan fingerprint density at radius 3 is 2.14 bits per heavy atom. The summed E-state index contributed by atoms with van der Waals surface area (Å²) in [6, 6.07) is 23.3. The Bertz CT molecular complexity index is 972. The Hall–Kier alpha value is -3.80. The molecule has 0 aliphatic carbocycles. The second-order valence-corrected chi connectivity index (χ2v) is 6.47. The van der Waals surface area contributed by atoms with Crippen molar-refractivity contribution in [3.05, 3.63) is 84.4 Å². The third-order valence-corrected chi connectivity index (χ3v) is 4.25. The zero-order valence-electron chi connectivity index (χ0n) is 16.3. The molecule has 0 aliphatic heterocycles. The first-order valence-electron chi connectivity index (χ1n) is 9.19. The van der Waals surface area contributed by atoms with E-state index in [9.17, 15) is 9.59 Å². The molecule has 3 aromatic carbocycles. The second-order valence-electron chi connectivity index (χ2n) is 6.47. The molecule has 148 valence electrons. The van der Waals surface area contributed by atoms with Gasteiger partial charge in [-0.3, -0.25) is 9.59 Å². The fraction of sp³-hybridized carbons (Fsp3) is 0.130. The van der Waals surface area contributed by atoms with Crippen molar-refractivity contribution in [3.63, 3.8) is 0 Å². The van der Waals surface area contributed by atoms with Gasteiger partial charge in [-0.2, -0.15) is 0 Å². The highest BCUT2D eigenvalue weighted by atomic mass is 16.5. The minimum Gasteiger partial charge on any atom is -0.497 e. The van der Waals surface area contributed by atoms with Gasteiger partial charge in [-0.15, -0.1) is 0 Å². The molecule has 0 radical (unpaired) electrons. The number of benzene rings is 3. The van der Waals surface area contributed by atoms with Crippen LogP contribution in [0.5, 0.6) is 5.75 Å². The molecular formula is C23H23N3O3. The van der Waals surface area contributed by atoms with Gasteiger partial charge in [0.25, 0.3) is 5.91 Å². The predicted octanol–water partition coefficient (Wildman–Crippen LogP) is 4.45. The first-order chi connectivity index (χ1) is 14.0. The average Bonchev–Trinajstić information content (AvgIpc) is 2.73. The molecule has 3 rings (SSSR count). The van der Waals surface area contributed by atoms with Crippen LogP contribution in [0.15, 0.2) is 78.9 Å². The smallest absolute Gasteiger partial charge is 0.251 e. The number of amides is 2. The summed E-state index contributed by atoms with van der Waals surface area (Å²) in [5.74, 6) is 0.335. The first-order valence-corrected chi connectivity index (χ1v) is 9.19. The Morgan fingerprint density at radius 2 is 1.48 bits per heavy atom. The maximum absolute atomic E-state index is 13.1. The van der Waals surface area contributed by atoms with Gasteiger partial charge in [0.2, 0.25) is 5.91 Å². The van der Waals surface area contributed by atoms with Crippen molar-refractivity contribution in [2.45, 2.75) is 13.0 Å². The number of methoxy groups -OCH3 is 1. The van der Waals surface area contributed by atoms with Crippen LogP contribution >= 0.6 is 0 Å². The molecule has 0 saturated heterocycles. The Kier molecular flexibility index (Phi) is 6.47. The maximum atomic E-state index is 13.1. The largest absolute Gasteiger partial charge is 0.497 e. The van der Waals surface area contributed by atoms with E-state index in [0.29, 0.717) is 17.1 Å². The predicted molar refractivity (Wildman–Crippen MR) is 115 cm³/mol. The van der Waals surface area contributed by atoms with Gasteiger partial charge in [0.15, 0.2) is 0 Å². The quantitative estimate of drug-likeness (QED) is 0.558. The molecule has 0 heterocycles. The van der Waals surface area contributed by atoms with Crippen LogP contribution in [-0.2, 0) is 9.59 Å². The second kappa shape index (κ2) is 9.41. The van der Waals surface area contributed by atoms with Crippen molar-refractivity contribution in [3.8, 4) is 5.75 Å². The lowest BCUT2D eigenvalue weighted by atomic mass is 10.1.